The van der Waals surface area contributed by atoms with Crippen molar-refractivity contribution in [2.45, 2.75) is 38.8 Å². The van der Waals surface area contributed by atoms with Crippen LogP contribution in [0.4, 0.5) is 0 Å². The molecule has 4 rings (SSSR count). The Labute approximate surface area is 122 Å². The molecule has 1 spiro atoms. The quantitative estimate of drug-likeness (QED) is 0.787. The molecule has 1 aromatic rings. The van der Waals surface area contributed by atoms with E-state index in [9.17, 15) is 14.4 Å². The number of nitrogens with zero attached hydrogens (tertiary/aromatic N) is 1. The molecule has 1 aromatic carbocycles. The Balaban J connectivity index is 1.66. The molecule has 0 radical (unpaired) electrons. The maximum absolute atomic E-state index is 12.6. The van der Waals surface area contributed by atoms with Crippen molar-refractivity contribution >= 4 is 17.7 Å². The van der Waals surface area contributed by atoms with E-state index in [4.69, 9.17) is 0 Å². The highest BCUT2D eigenvalue weighted by molar-refractivity contribution is 6.07. The number of carbonyl (C=O) groups is 3. The van der Waals surface area contributed by atoms with Crippen LogP contribution in [0.2, 0.25) is 0 Å². The first-order valence-electron chi connectivity index (χ1n) is 7.27. The molecule has 2 aliphatic heterocycles. The Morgan fingerprint density at radius 1 is 1.24 bits per heavy atom. The first-order valence-corrected chi connectivity index (χ1v) is 7.27. The average molecular weight is 284 g/mol. The number of carbonyl (C=O) groups excluding carboxylic acids is 3. The van der Waals surface area contributed by atoms with E-state index < -0.39 is 11.5 Å². The highest BCUT2D eigenvalue weighted by atomic mass is 16.2. The van der Waals surface area contributed by atoms with Crippen LogP contribution < -0.4 is 5.32 Å². The van der Waals surface area contributed by atoms with Crippen LogP contribution in [0.3, 0.4) is 0 Å². The summed E-state index contributed by atoms with van der Waals surface area (Å²) in [6, 6.07) is 5.12. The van der Waals surface area contributed by atoms with Crippen molar-refractivity contribution in [2.24, 2.45) is 5.41 Å². The van der Waals surface area contributed by atoms with Crippen LogP contribution in [0.1, 0.15) is 40.7 Å². The van der Waals surface area contributed by atoms with E-state index in [1.54, 1.807) is 4.90 Å². The molecule has 1 atom stereocenters. The van der Waals surface area contributed by atoms with Crippen molar-refractivity contribution in [1.29, 1.82) is 0 Å². The summed E-state index contributed by atoms with van der Waals surface area (Å²) in [6.07, 6.45) is 2.10. The number of nitrogens with one attached hydrogen (secondary N) is 1. The van der Waals surface area contributed by atoms with Crippen LogP contribution in [0.15, 0.2) is 18.2 Å². The summed E-state index contributed by atoms with van der Waals surface area (Å²) in [4.78, 5) is 38.2. The summed E-state index contributed by atoms with van der Waals surface area (Å²) in [5.41, 5.74) is 2.35. The average Bonchev–Trinajstić information content (AvgIpc) is 3.15. The molecule has 5 heteroatoms. The monoisotopic (exact) mass is 284 g/mol. The fourth-order valence-corrected chi connectivity index (χ4v) is 3.48. The van der Waals surface area contributed by atoms with Gasteiger partial charge in [-0.1, -0.05) is 12.1 Å². The third kappa shape index (κ3) is 1.66. The molecule has 0 bridgehead atoms. The standard InChI is InChI=1S/C16H16N2O3/c1-9-3-2-4-10-11(9)8-18(14(10)20)12-7-16(5-6-16)15(21)17-13(12)19/h2-4,12H,5-8H2,1H3,(H,17,19,21). The third-order valence-corrected chi connectivity index (χ3v) is 5.06. The van der Waals surface area contributed by atoms with Gasteiger partial charge >= 0.3 is 0 Å². The Bertz CT molecular complexity index is 691. The van der Waals surface area contributed by atoms with Gasteiger partial charge < -0.3 is 4.90 Å². The highest BCUT2D eigenvalue weighted by Gasteiger charge is 2.57. The maximum Gasteiger partial charge on any atom is 0.255 e. The number of fused-ring (bicyclic) bond motifs is 1. The largest absolute Gasteiger partial charge is 0.322 e. The third-order valence-electron chi connectivity index (χ3n) is 5.06. The minimum atomic E-state index is -0.524. The fraction of sp³-hybridized carbons (Fsp3) is 0.438. The van der Waals surface area contributed by atoms with Gasteiger partial charge in [0, 0.05) is 12.1 Å². The smallest absolute Gasteiger partial charge is 0.255 e. The molecule has 108 valence electrons. The zero-order valence-corrected chi connectivity index (χ0v) is 11.8. The number of rotatable bonds is 1. The van der Waals surface area contributed by atoms with Gasteiger partial charge in [0.1, 0.15) is 6.04 Å². The number of imide groups is 1. The van der Waals surface area contributed by atoms with Crippen LogP contribution in [0, 0.1) is 12.3 Å². The Morgan fingerprint density at radius 2 is 2.00 bits per heavy atom. The fourth-order valence-electron chi connectivity index (χ4n) is 3.48. The number of hydrogen-bond acceptors (Lipinski definition) is 3. The molecular formula is C16H16N2O3. The van der Waals surface area contributed by atoms with Gasteiger partial charge in [0.05, 0.1) is 5.41 Å². The first-order chi connectivity index (χ1) is 10.0. The molecule has 3 amide bonds. The van der Waals surface area contributed by atoms with Crippen LogP contribution in [0.25, 0.3) is 0 Å². The van der Waals surface area contributed by atoms with Crippen molar-refractivity contribution in [1.82, 2.24) is 10.2 Å². The summed E-state index contributed by atoms with van der Waals surface area (Å²) in [6.45, 7) is 2.44. The van der Waals surface area contributed by atoms with Crippen LogP contribution >= 0.6 is 0 Å². The van der Waals surface area contributed by atoms with E-state index >= 15 is 0 Å². The number of amides is 3. The second-order valence-electron chi connectivity index (χ2n) is 6.35. The van der Waals surface area contributed by atoms with Gasteiger partial charge in [-0.3, -0.25) is 19.7 Å². The molecule has 1 N–H and O–H groups in total. The Hall–Kier alpha value is -2.17. The van der Waals surface area contributed by atoms with E-state index in [0.717, 1.165) is 24.0 Å². The molecule has 21 heavy (non-hydrogen) atoms. The summed E-state index contributed by atoms with van der Waals surface area (Å²) in [7, 11) is 0. The molecule has 1 saturated heterocycles. The Morgan fingerprint density at radius 3 is 2.67 bits per heavy atom. The van der Waals surface area contributed by atoms with E-state index in [1.165, 1.54) is 0 Å². The SMILES string of the molecule is Cc1cccc2c1CN(C1CC3(CC3)C(=O)NC1=O)C2=O. The normalized spacial score (nSPS) is 26.0. The molecule has 2 fully saturated rings. The minimum Gasteiger partial charge on any atom is -0.322 e. The van der Waals surface area contributed by atoms with Crippen molar-refractivity contribution in [3.05, 3.63) is 34.9 Å². The molecule has 0 aromatic heterocycles. The van der Waals surface area contributed by atoms with E-state index in [2.05, 4.69) is 5.32 Å². The van der Waals surface area contributed by atoms with Gasteiger partial charge in [0.15, 0.2) is 0 Å². The second kappa shape index (κ2) is 3.93. The van der Waals surface area contributed by atoms with E-state index in [1.807, 2.05) is 25.1 Å². The molecule has 3 aliphatic rings. The number of piperidine rings is 1. The van der Waals surface area contributed by atoms with Gasteiger partial charge in [0.25, 0.3) is 5.91 Å². The number of benzene rings is 1. The summed E-state index contributed by atoms with van der Waals surface area (Å²) in [5, 5.41) is 2.45. The minimum absolute atomic E-state index is 0.0981. The Kier molecular flexibility index (Phi) is 2.35. The summed E-state index contributed by atoms with van der Waals surface area (Å²) in [5.74, 6) is -0.598. The maximum atomic E-state index is 12.6. The summed E-state index contributed by atoms with van der Waals surface area (Å²) >= 11 is 0. The molecule has 1 unspecified atom stereocenters. The van der Waals surface area contributed by atoms with Gasteiger partial charge in [-0.15, -0.1) is 0 Å². The van der Waals surface area contributed by atoms with Gasteiger partial charge in [0.2, 0.25) is 11.8 Å². The molecule has 2 heterocycles. The highest BCUT2D eigenvalue weighted by Crippen LogP contribution is 2.52. The number of hydrogen-bond donors (Lipinski definition) is 1. The first kappa shape index (κ1) is 12.6. The van der Waals surface area contributed by atoms with Crippen molar-refractivity contribution < 1.29 is 14.4 Å². The second-order valence-corrected chi connectivity index (χ2v) is 6.35. The predicted molar refractivity (Wildman–Crippen MR) is 74.3 cm³/mol. The lowest BCUT2D eigenvalue weighted by Gasteiger charge is -2.33. The molecule has 5 nitrogen and oxygen atoms in total. The van der Waals surface area contributed by atoms with E-state index in [0.29, 0.717) is 18.5 Å². The van der Waals surface area contributed by atoms with Crippen molar-refractivity contribution in [3.8, 4) is 0 Å². The lowest BCUT2D eigenvalue weighted by molar-refractivity contribution is -0.141. The van der Waals surface area contributed by atoms with Gasteiger partial charge in [-0.2, -0.15) is 0 Å². The lowest BCUT2D eigenvalue weighted by atomic mass is 9.90. The molecule has 1 saturated carbocycles. The van der Waals surface area contributed by atoms with Gasteiger partial charge in [-0.25, -0.2) is 0 Å². The van der Waals surface area contributed by atoms with Crippen LogP contribution in [0.5, 0.6) is 0 Å². The predicted octanol–water partition coefficient (Wildman–Crippen LogP) is 1.15. The van der Waals surface area contributed by atoms with Crippen LogP contribution in [-0.2, 0) is 16.1 Å². The molecule has 1 aliphatic carbocycles. The van der Waals surface area contributed by atoms with Crippen LogP contribution in [-0.4, -0.2) is 28.7 Å². The van der Waals surface area contributed by atoms with Crippen molar-refractivity contribution in [2.75, 3.05) is 0 Å². The number of aryl methyl sites for hydroxylation is 1. The zero-order valence-electron chi connectivity index (χ0n) is 11.8. The summed E-state index contributed by atoms with van der Waals surface area (Å²) < 4.78 is 0. The lowest BCUT2D eigenvalue weighted by Crippen LogP contribution is -2.56. The van der Waals surface area contributed by atoms with Crippen molar-refractivity contribution in [3.63, 3.8) is 0 Å². The van der Waals surface area contributed by atoms with E-state index in [-0.39, 0.29) is 17.7 Å². The molecular weight excluding hydrogens is 268 g/mol. The topological polar surface area (TPSA) is 66.5 Å². The van der Waals surface area contributed by atoms with Gasteiger partial charge in [-0.05, 0) is 43.4 Å². The zero-order chi connectivity index (χ0) is 14.8.